The summed E-state index contributed by atoms with van der Waals surface area (Å²) in [5.74, 6) is -1.41. The highest BCUT2D eigenvalue weighted by molar-refractivity contribution is 5.48. The van der Waals surface area contributed by atoms with E-state index in [0.717, 1.165) is 31.9 Å². The largest absolute Gasteiger partial charge is 0.395 e. The fourth-order valence-corrected chi connectivity index (χ4v) is 2.23. The van der Waals surface area contributed by atoms with Gasteiger partial charge in [0.25, 0.3) is 0 Å². The summed E-state index contributed by atoms with van der Waals surface area (Å²) in [5, 5.41) is 0. The van der Waals surface area contributed by atoms with Gasteiger partial charge in [-0.3, -0.25) is 0 Å². The van der Waals surface area contributed by atoms with E-state index in [2.05, 4.69) is 16.8 Å². The van der Waals surface area contributed by atoms with Crippen molar-refractivity contribution in [3.8, 4) is 0 Å². The van der Waals surface area contributed by atoms with Crippen LogP contribution in [0.1, 0.15) is 18.4 Å². The van der Waals surface area contributed by atoms with E-state index in [0.29, 0.717) is 5.56 Å². The molecule has 5 heteroatoms. The Hall–Kier alpha value is -1.23. The first kappa shape index (κ1) is 14.2. The molecule has 2 nitrogen and oxygen atoms in total. The second-order valence-electron chi connectivity index (χ2n) is 5.15. The summed E-state index contributed by atoms with van der Waals surface area (Å²) in [6, 6.07) is 6.77. The monoisotopic (exact) mass is 272 g/mol. The van der Waals surface area contributed by atoms with Crippen LogP contribution >= 0.6 is 0 Å². The first-order chi connectivity index (χ1) is 8.88. The van der Waals surface area contributed by atoms with Crippen LogP contribution in [0, 0.1) is 0 Å². The lowest BCUT2D eigenvalue weighted by molar-refractivity contribution is -0.146. The Morgan fingerprint density at radius 3 is 2.00 bits per heavy atom. The highest BCUT2D eigenvalue weighted by Crippen LogP contribution is 2.34. The number of alkyl halides is 3. The molecule has 0 aromatic heterocycles. The second kappa shape index (κ2) is 5.41. The van der Waals surface area contributed by atoms with Crippen molar-refractivity contribution >= 4 is 5.69 Å². The molecule has 1 aliphatic heterocycles. The SMILES string of the molecule is CC(c1ccc(N2CCN(C)CC2)cc1)C(F)(F)F. The van der Waals surface area contributed by atoms with Crippen LogP contribution in [0.4, 0.5) is 18.9 Å². The number of anilines is 1. The number of piperazine rings is 1. The Morgan fingerprint density at radius 1 is 1.00 bits per heavy atom. The normalized spacial score (nSPS) is 19.5. The van der Waals surface area contributed by atoms with Crippen LogP contribution < -0.4 is 4.90 Å². The lowest BCUT2D eigenvalue weighted by atomic mass is 10.0. The predicted octanol–water partition coefficient (Wildman–Crippen LogP) is 3.10. The number of hydrogen-bond donors (Lipinski definition) is 0. The molecule has 0 aliphatic carbocycles. The van der Waals surface area contributed by atoms with Gasteiger partial charge in [0.05, 0.1) is 5.92 Å². The molecular formula is C14H19F3N2. The molecule has 1 fully saturated rings. The Morgan fingerprint density at radius 2 is 1.53 bits per heavy atom. The maximum Gasteiger partial charge on any atom is 0.395 e. The van der Waals surface area contributed by atoms with Crippen LogP contribution in [-0.2, 0) is 0 Å². The molecule has 0 amide bonds. The third-order valence-corrected chi connectivity index (χ3v) is 3.75. The molecule has 106 valence electrons. The molecule has 1 unspecified atom stereocenters. The molecule has 1 aromatic carbocycles. The van der Waals surface area contributed by atoms with Crippen molar-refractivity contribution in [2.24, 2.45) is 0 Å². The average Bonchev–Trinajstić information content (AvgIpc) is 2.38. The Bertz CT molecular complexity index is 406. The van der Waals surface area contributed by atoms with Gasteiger partial charge in [0, 0.05) is 31.9 Å². The highest BCUT2D eigenvalue weighted by Gasteiger charge is 2.36. The van der Waals surface area contributed by atoms with Gasteiger partial charge in [-0.15, -0.1) is 0 Å². The summed E-state index contributed by atoms with van der Waals surface area (Å²) in [4.78, 5) is 4.46. The van der Waals surface area contributed by atoms with E-state index in [4.69, 9.17) is 0 Å². The van der Waals surface area contributed by atoms with Gasteiger partial charge in [0.1, 0.15) is 0 Å². The quantitative estimate of drug-likeness (QED) is 0.816. The van der Waals surface area contributed by atoms with E-state index in [1.807, 2.05) is 0 Å². The number of rotatable bonds is 2. The maximum atomic E-state index is 12.6. The number of hydrogen-bond acceptors (Lipinski definition) is 2. The van der Waals surface area contributed by atoms with E-state index in [-0.39, 0.29) is 0 Å². The van der Waals surface area contributed by atoms with Gasteiger partial charge in [-0.1, -0.05) is 12.1 Å². The van der Waals surface area contributed by atoms with Crippen molar-refractivity contribution < 1.29 is 13.2 Å². The molecule has 0 N–H and O–H groups in total. The molecule has 0 radical (unpaired) electrons. The van der Waals surface area contributed by atoms with Gasteiger partial charge < -0.3 is 9.80 Å². The standard InChI is InChI=1S/C14H19F3N2/c1-11(14(15,16)17)12-3-5-13(6-4-12)19-9-7-18(2)8-10-19/h3-6,11H,7-10H2,1-2H3. The summed E-state index contributed by atoms with van der Waals surface area (Å²) < 4.78 is 37.9. The molecule has 0 saturated carbocycles. The molecule has 1 aromatic rings. The van der Waals surface area contributed by atoms with Crippen molar-refractivity contribution in [2.75, 3.05) is 38.1 Å². The lowest BCUT2D eigenvalue weighted by Crippen LogP contribution is -2.44. The zero-order valence-electron chi connectivity index (χ0n) is 11.2. The molecule has 1 aliphatic rings. The zero-order chi connectivity index (χ0) is 14.0. The van der Waals surface area contributed by atoms with E-state index >= 15 is 0 Å². The summed E-state index contributed by atoms with van der Waals surface area (Å²) in [7, 11) is 2.07. The third-order valence-electron chi connectivity index (χ3n) is 3.75. The first-order valence-corrected chi connectivity index (χ1v) is 6.48. The van der Waals surface area contributed by atoms with Crippen molar-refractivity contribution in [2.45, 2.75) is 19.0 Å². The van der Waals surface area contributed by atoms with Gasteiger partial charge in [-0.25, -0.2) is 0 Å². The van der Waals surface area contributed by atoms with E-state index in [1.165, 1.54) is 6.92 Å². The zero-order valence-corrected chi connectivity index (χ0v) is 11.2. The topological polar surface area (TPSA) is 6.48 Å². The molecule has 1 saturated heterocycles. The fourth-order valence-electron chi connectivity index (χ4n) is 2.23. The predicted molar refractivity (Wildman–Crippen MR) is 70.6 cm³/mol. The smallest absolute Gasteiger partial charge is 0.369 e. The van der Waals surface area contributed by atoms with E-state index in [9.17, 15) is 13.2 Å². The van der Waals surface area contributed by atoms with Gasteiger partial charge >= 0.3 is 6.18 Å². The summed E-state index contributed by atoms with van der Waals surface area (Å²) in [5.41, 5.74) is 1.33. The third kappa shape index (κ3) is 3.41. The summed E-state index contributed by atoms with van der Waals surface area (Å²) in [6.45, 7) is 5.02. The van der Waals surface area contributed by atoms with Crippen molar-refractivity contribution in [3.05, 3.63) is 29.8 Å². The minimum atomic E-state index is -4.17. The fraction of sp³-hybridized carbons (Fsp3) is 0.571. The molecule has 1 heterocycles. The lowest BCUT2D eigenvalue weighted by Gasteiger charge is -2.34. The van der Waals surface area contributed by atoms with Crippen LogP contribution in [0.25, 0.3) is 0 Å². The van der Waals surface area contributed by atoms with Crippen molar-refractivity contribution in [1.29, 1.82) is 0 Å². The Kier molecular flexibility index (Phi) is 4.04. The Labute approximate surface area is 111 Å². The van der Waals surface area contributed by atoms with Crippen molar-refractivity contribution in [1.82, 2.24) is 4.90 Å². The van der Waals surface area contributed by atoms with Gasteiger partial charge in [-0.05, 0) is 31.7 Å². The van der Waals surface area contributed by atoms with Crippen LogP contribution in [0.3, 0.4) is 0 Å². The molecular weight excluding hydrogens is 253 g/mol. The van der Waals surface area contributed by atoms with Crippen LogP contribution in [0.2, 0.25) is 0 Å². The van der Waals surface area contributed by atoms with Crippen LogP contribution in [0.5, 0.6) is 0 Å². The van der Waals surface area contributed by atoms with Crippen LogP contribution in [-0.4, -0.2) is 44.3 Å². The van der Waals surface area contributed by atoms with Gasteiger partial charge in [0.15, 0.2) is 0 Å². The van der Waals surface area contributed by atoms with Crippen molar-refractivity contribution in [3.63, 3.8) is 0 Å². The average molecular weight is 272 g/mol. The molecule has 2 rings (SSSR count). The number of nitrogens with zero attached hydrogens (tertiary/aromatic N) is 2. The minimum absolute atomic E-state index is 0.324. The Balaban J connectivity index is 2.06. The van der Waals surface area contributed by atoms with Crippen LogP contribution in [0.15, 0.2) is 24.3 Å². The van der Waals surface area contributed by atoms with Gasteiger partial charge in [-0.2, -0.15) is 13.2 Å². The number of halogens is 3. The summed E-state index contributed by atoms with van der Waals surface area (Å²) >= 11 is 0. The minimum Gasteiger partial charge on any atom is -0.369 e. The van der Waals surface area contributed by atoms with Gasteiger partial charge in [0.2, 0.25) is 0 Å². The molecule has 19 heavy (non-hydrogen) atoms. The van der Waals surface area contributed by atoms with E-state index in [1.54, 1.807) is 24.3 Å². The molecule has 0 bridgehead atoms. The summed E-state index contributed by atoms with van der Waals surface area (Å²) in [6.07, 6.45) is -4.17. The van der Waals surface area contributed by atoms with E-state index < -0.39 is 12.1 Å². The molecule has 0 spiro atoms. The number of benzene rings is 1. The second-order valence-corrected chi connectivity index (χ2v) is 5.15. The first-order valence-electron chi connectivity index (χ1n) is 6.48. The molecule has 1 atom stereocenters. The highest BCUT2D eigenvalue weighted by atomic mass is 19.4. The maximum absolute atomic E-state index is 12.6. The number of likely N-dealkylation sites (N-methyl/N-ethyl adjacent to an activating group) is 1.